The van der Waals surface area contributed by atoms with Gasteiger partial charge in [-0.2, -0.15) is 0 Å². The third-order valence-corrected chi connectivity index (χ3v) is 4.53. The van der Waals surface area contributed by atoms with Crippen molar-refractivity contribution in [1.29, 1.82) is 0 Å². The number of para-hydroxylation sites is 1. The molecule has 5 heteroatoms. The van der Waals surface area contributed by atoms with E-state index >= 15 is 0 Å². The molecule has 0 saturated heterocycles. The van der Waals surface area contributed by atoms with Gasteiger partial charge in [-0.25, -0.2) is 4.98 Å². The van der Waals surface area contributed by atoms with E-state index in [9.17, 15) is 4.79 Å². The monoisotopic (exact) mass is 332 g/mol. The van der Waals surface area contributed by atoms with Crippen molar-refractivity contribution in [3.63, 3.8) is 0 Å². The molecule has 2 N–H and O–H groups in total. The SMILES string of the molecule is O=C(CN1CC=C(c2c[nH]c3ccccc23)CC1)Nc1ccccn1. The van der Waals surface area contributed by atoms with Crippen molar-refractivity contribution in [3.8, 4) is 0 Å². The van der Waals surface area contributed by atoms with Crippen molar-refractivity contribution in [2.75, 3.05) is 25.0 Å². The van der Waals surface area contributed by atoms with Gasteiger partial charge in [0, 0.05) is 41.9 Å². The lowest BCUT2D eigenvalue weighted by Gasteiger charge is -2.25. The van der Waals surface area contributed by atoms with Crippen molar-refractivity contribution in [2.45, 2.75) is 6.42 Å². The van der Waals surface area contributed by atoms with E-state index in [-0.39, 0.29) is 5.91 Å². The molecule has 0 fully saturated rings. The number of fused-ring (bicyclic) bond motifs is 1. The molecular weight excluding hydrogens is 312 g/mol. The maximum atomic E-state index is 12.1. The standard InChI is InChI=1S/C20H20N4O/c25-20(23-19-7-3-4-10-21-19)14-24-11-8-15(9-12-24)17-13-22-18-6-2-1-5-16(17)18/h1-8,10,13,22H,9,11-12,14H2,(H,21,23,25). The van der Waals surface area contributed by atoms with Crippen molar-refractivity contribution < 1.29 is 4.79 Å². The van der Waals surface area contributed by atoms with Crippen LogP contribution in [-0.2, 0) is 4.79 Å². The van der Waals surface area contributed by atoms with E-state index in [4.69, 9.17) is 0 Å². The van der Waals surface area contributed by atoms with Crippen LogP contribution in [0.1, 0.15) is 12.0 Å². The van der Waals surface area contributed by atoms with Gasteiger partial charge in [0.15, 0.2) is 0 Å². The largest absolute Gasteiger partial charge is 0.361 e. The highest BCUT2D eigenvalue weighted by Gasteiger charge is 2.17. The summed E-state index contributed by atoms with van der Waals surface area (Å²) >= 11 is 0. The zero-order valence-electron chi connectivity index (χ0n) is 13.9. The zero-order chi connectivity index (χ0) is 17.1. The van der Waals surface area contributed by atoms with Gasteiger partial charge in [0.2, 0.25) is 5.91 Å². The number of nitrogens with zero attached hydrogens (tertiary/aromatic N) is 2. The maximum absolute atomic E-state index is 12.1. The summed E-state index contributed by atoms with van der Waals surface area (Å²) in [5.41, 5.74) is 3.78. The van der Waals surface area contributed by atoms with E-state index < -0.39 is 0 Å². The van der Waals surface area contributed by atoms with Crippen LogP contribution in [0.2, 0.25) is 0 Å². The van der Waals surface area contributed by atoms with Crippen LogP contribution in [0.4, 0.5) is 5.82 Å². The molecule has 0 saturated carbocycles. The summed E-state index contributed by atoms with van der Waals surface area (Å²) in [5, 5.41) is 4.09. The number of nitrogens with one attached hydrogen (secondary N) is 2. The van der Waals surface area contributed by atoms with Gasteiger partial charge in [0.05, 0.1) is 6.54 Å². The Morgan fingerprint density at radius 2 is 2.08 bits per heavy atom. The van der Waals surface area contributed by atoms with E-state index in [2.05, 4.69) is 50.7 Å². The Balaban J connectivity index is 1.39. The second-order valence-electron chi connectivity index (χ2n) is 6.23. The molecule has 1 aliphatic heterocycles. The Labute approximate surface area is 146 Å². The quantitative estimate of drug-likeness (QED) is 0.771. The molecule has 0 unspecified atom stereocenters. The fourth-order valence-electron chi connectivity index (χ4n) is 3.26. The number of carbonyl (C=O) groups excluding carboxylic acids is 1. The summed E-state index contributed by atoms with van der Waals surface area (Å²) in [7, 11) is 0. The van der Waals surface area contributed by atoms with Crippen LogP contribution in [0, 0.1) is 0 Å². The second-order valence-corrected chi connectivity index (χ2v) is 6.23. The van der Waals surface area contributed by atoms with Crippen LogP contribution in [0.5, 0.6) is 0 Å². The first-order valence-electron chi connectivity index (χ1n) is 8.48. The molecule has 0 bridgehead atoms. The highest BCUT2D eigenvalue weighted by molar-refractivity contribution is 5.93. The summed E-state index contributed by atoms with van der Waals surface area (Å²) in [6, 6.07) is 13.8. The Kier molecular flexibility index (Phi) is 4.31. The zero-order valence-corrected chi connectivity index (χ0v) is 13.9. The summed E-state index contributed by atoms with van der Waals surface area (Å²) in [6.45, 7) is 2.04. The number of hydrogen-bond acceptors (Lipinski definition) is 3. The van der Waals surface area contributed by atoms with Crippen molar-refractivity contribution in [2.24, 2.45) is 0 Å². The molecule has 1 aliphatic rings. The predicted octanol–water partition coefficient (Wildman–Crippen LogP) is 3.29. The molecule has 1 aromatic carbocycles. The first kappa shape index (κ1) is 15.6. The van der Waals surface area contributed by atoms with Crippen molar-refractivity contribution in [1.82, 2.24) is 14.9 Å². The van der Waals surface area contributed by atoms with Gasteiger partial charge in [-0.05, 0) is 30.2 Å². The number of hydrogen-bond donors (Lipinski definition) is 2. The lowest BCUT2D eigenvalue weighted by atomic mass is 9.99. The number of anilines is 1. The van der Waals surface area contributed by atoms with E-state index in [0.717, 1.165) is 25.0 Å². The smallest absolute Gasteiger partial charge is 0.239 e. The molecule has 25 heavy (non-hydrogen) atoms. The average Bonchev–Trinajstić information content (AvgIpc) is 3.07. The molecule has 0 aliphatic carbocycles. The third-order valence-electron chi connectivity index (χ3n) is 4.53. The predicted molar refractivity (Wildman–Crippen MR) is 100 cm³/mol. The number of pyridine rings is 1. The number of aromatic amines is 1. The minimum Gasteiger partial charge on any atom is -0.361 e. The number of benzene rings is 1. The lowest BCUT2D eigenvalue weighted by molar-refractivity contribution is -0.117. The maximum Gasteiger partial charge on any atom is 0.239 e. The molecule has 4 rings (SSSR count). The molecule has 0 spiro atoms. The Bertz CT molecular complexity index is 914. The number of rotatable bonds is 4. The molecule has 1 amide bonds. The molecule has 0 atom stereocenters. The van der Waals surface area contributed by atoms with Crippen LogP contribution in [0.3, 0.4) is 0 Å². The molecule has 2 aromatic heterocycles. The number of H-pyrrole nitrogens is 1. The molecule has 126 valence electrons. The van der Waals surface area contributed by atoms with E-state index in [0.29, 0.717) is 12.4 Å². The molecule has 0 radical (unpaired) electrons. The van der Waals surface area contributed by atoms with Crippen LogP contribution in [0.25, 0.3) is 16.5 Å². The highest BCUT2D eigenvalue weighted by atomic mass is 16.2. The van der Waals surface area contributed by atoms with Gasteiger partial charge in [-0.3, -0.25) is 9.69 Å². The fraction of sp³-hybridized carbons (Fsp3) is 0.200. The second kappa shape index (κ2) is 6.91. The van der Waals surface area contributed by atoms with Gasteiger partial charge in [-0.15, -0.1) is 0 Å². The Hall–Kier alpha value is -2.92. The Morgan fingerprint density at radius 1 is 1.20 bits per heavy atom. The number of amides is 1. The molecule has 3 heterocycles. The lowest BCUT2D eigenvalue weighted by Crippen LogP contribution is -2.36. The van der Waals surface area contributed by atoms with E-state index in [1.54, 1.807) is 12.3 Å². The van der Waals surface area contributed by atoms with Gasteiger partial charge < -0.3 is 10.3 Å². The highest BCUT2D eigenvalue weighted by Crippen LogP contribution is 2.28. The minimum atomic E-state index is -0.0253. The summed E-state index contributed by atoms with van der Waals surface area (Å²) in [4.78, 5) is 21.7. The van der Waals surface area contributed by atoms with Gasteiger partial charge in [0.1, 0.15) is 5.82 Å². The van der Waals surface area contributed by atoms with Crippen molar-refractivity contribution >= 4 is 28.2 Å². The molecule has 5 nitrogen and oxygen atoms in total. The average molecular weight is 332 g/mol. The van der Waals surface area contributed by atoms with Crippen molar-refractivity contribution in [3.05, 3.63) is 66.5 Å². The van der Waals surface area contributed by atoms with Crippen LogP contribution in [-0.4, -0.2) is 40.4 Å². The van der Waals surface area contributed by atoms with E-state index in [1.165, 1.54) is 16.5 Å². The van der Waals surface area contributed by atoms with Gasteiger partial charge >= 0.3 is 0 Å². The number of carbonyl (C=O) groups is 1. The van der Waals surface area contributed by atoms with Gasteiger partial charge in [0.25, 0.3) is 0 Å². The molecule has 3 aromatic rings. The normalized spacial score (nSPS) is 15.1. The van der Waals surface area contributed by atoms with E-state index in [1.807, 2.05) is 18.2 Å². The summed E-state index contributed by atoms with van der Waals surface area (Å²) in [5.74, 6) is 0.571. The summed E-state index contributed by atoms with van der Waals surface area (Å²) < 4.78 is 0. The first-order valence-corrected chi connectivity index (χ1v) is 8.48. The first-order chi connectivity index (χ1) is 12.3. The molecular formula is C20H20N4O. The topological polar surface area (TPSA) is 61.0 Å². The number of aromatic nitrogens is 2. The van der Waals surface area contributed by atoms with Gasteiger partial charge in [-0.1, -0.05) is 30.3 Å². The van der Waals surface area contributed by atoms with Crippen LogP contribution < -0.4 is 5.32 Å². The summed E-state index contributed by atoms with van der Waals surface area (Å²) in [6.07, 6.45) is 6.93. The fourth-order valence-corrected chi connectivity index (χ4v) is 3.26. The van der Waals surface area contributed by atoms with Crippen LogP contribution >= 0.6 is 0 Å². The third kappa shape index (κ3) is 3.46. The van der Waals surface area contributed by atoms with Crippen LogP contribution in [0.15, 0.2) is 60.9 Å². The Morgan fingerprint density at radius 3 is 2.88 bits per heavy atom. The minimum absolute atomic E-state index is 0.0253.